The first-order valence-electron chi connectivity index (χ1n) is 8.82. The van der Waals surface area contributed by atoms with Crippen LogP contribution in [-0.4, -0.2) is 24.8 Å². The van der Waals surface area contributed by atoms with Crippen molar-refractivity contribution < 1.29 is 4.74 Å². The van der Waals surface area contributed by atoms with Gasteiger partial charge in [0.05, 0.1) is 11.7 Å². The molecule has 0 saturated heterocycles. The van der Waals surface area contributed by atoms with Crippen molar-refractivity contribution in [2.24, 2.45) is 16.7 Å². The van der Waals surface area contributed by atoms with Crippen molar-refractivity contribution in [2.75, 3.05) is 13.1 Å². The van der Waals surface area contributed by atoms with E-state index in [1.807, 2.05) is 0 Å². The van der Waals surface area contributed by atoms with Gasteiger partial charge in [0.2, 0.25) is 0 Å². The molecule has 3 fully saturated rings. The fourth-order valence-electron chi connectivity index (χ4n) is 5.10. The fraction of sp³-hybridized carbons (Fsp3) is 1.00. The maximum Gasteiger partial charge on any atom is 0.0698 e. The lowest BCUT2D eigenvalue weighted by molar-refractivity contribution is -0.180. The molecule has 2 bridgehead atoms. The average molecular weight is 279 g/mol. The van der Waals surface area contributed by atoms with E-state index >= 15 is 0 Å². The van der Waals surface area contributed by atoms with E-state index in [-0.39, 0.29) is 5.60 Å². The lowest BCUT2D eigenvalue weighted by Gasteiger charge is -2.48. The number of hydrogen-bond donors (Lipinski definition) is 1. The van der Waals surface area contributed by atoms with Gasteiger partial charge in [0.15, 0.2) is 0 Å². The van der Waals surface area contributed by atoms with E-state index in [0.29, 0.717) is 16.9 Å². The maximum atomic E-state index is 6.81. The lowest BCUT2D eigenvalue weighted by Crippen LogP contribution is -2.49. The number of hydrogen-bond acceptors (Lipinski definition) is 2. The summed E-state index contributed by atoms with van der Waals surface area (Å²) in [5.41, 5.74) is 1.11. The van der Waals surface area contributed by atoms with E-state index in [4.69, 9.17) is 4.74 Å². The molecule has 0 heterocycles. The highest BCUT2D eigenvalue weighted by atomic mass is 16.5. The van der Waals surface area contributed by atoms with E-state index in [9.17, 15) is 0 Å². The van der Waals surface area contributed by atoms with E-state index < -0.39 is 0 Å². The summed E-state index contributed by atoms with van der Waals surface area (Å²) >= 11 is 0. The predicted molar refractivity (Wildman–Crippen MR) is 83.8 cm³/mol. The van der Waals surface area contributed by atoms with Gasteiger partial charge in [-0.1, -0.05) is 27.7 Å². The van der Waals surface area contributed by atoms with Gasteiger partial charge in [-0.2, -0.15) is 0 Å². The molecule has 0 spiro atoms. The van der Waals surface area contributed by atoms with Crippen molar-refractivity contribution >= 4 is 0 Å². The quantitative estimate of drug-likeness (QED) is 0.738. The van der Waals surface area contributed by atoms with Gasteiger partial charge < -0.3 is 10.1 Å². The van der Waals surface area contributed by atoms with Gasteiger partial charge in [-0.05, 0) is 74.8 Å². The minimum atomic E-state index is 0.219. The molecule has 3 aliphatic carbocycles. The fourth-order valence-corrected chi connectivity index (χ4v) is 5.10. The average Bonchev–Trinajstić information content (AvgIpc) is 2.69. The van der Waals surface area contributed by atoms with Crippen LogP contribution in [0.1, 0.15) is 72.6 Å². The highest BCUT2D eigenvalue weighted by Crippen LogP contribution is 2.67. The minimum Gasteiger partial charge on any atom is -0.371 e. The zero-order valence-electron chi connectivity index (χ0n) is 13.9. The van der Waals surface area contributed by atoms with Gasteiger partial charge in [0, 0.05) is 0 Å². The minimum absolute atomic E-state index is 0.219. The number of nitrogens with one attached hydrogen (secondary N) is 1. The third-order valence-corrected chi connectivity index (χ3v) is 7.38. The van der Waals surface area contributed by atoms with E-state index in [2.05, 4.69) is 33.0 Å². The van der Waals surface area contributed by atoms with Gasteiger partial charge in [0.25, 0.3) is 0 Å². The molecule has 2 heteroatoms. The van der Waals surface area contributed by atoms with Crippen molar-refractivity contribution in [2.45, 2.75) is 84.3 Å². The first-order chi connectivity index (χ1) is 9.44. The Kier molecular flexibility index (Phi) is 3.70. The summed E-state index contributed by atoms with van der Waals surface area (Å²) in [6, 6.07) is 0. The molecule has 3 atom stereocenters. The second-order valence-electron chi connectivity index (χ2n) is 8.36. The Labute approximate surface area is 125 Å². The summed E-state index contributed by atoms with van der Waals surface area (Å²) in [5.74, 6) is 0.892. The van der Waals surface area contributed by atoms with Gasteiger partial charge >= 0.3 is 0 Å². The maximum absolute atomic E-state index is 6.81. The number of ether oxygens (including phenoxy) is 1. The molecule has 3 unspecified atom stereocenters. The molecule has 20 heavy (non-hydrogen) atoms. The van der Waals surface area contributed by atoms with Crippen LogP contribution >= 0.6 is 0 Å². The van der Waals surface area contributed by atoms with Crippen molar-refractivity contribution in [1.82, 2.24) is 5.32 Å². The number of rotatable bonds is 6. The molecule has 0 amide bonds. The molecule has 0 aromatic heterocycles. The standard InChI is InChI=1S/C18H33NO/c1-5-19-12-11-18(8-6-9-18)20-15-13-14-7-10-17(15,4)16(14,2)3/h14-15,19H,5-13H2,1-4H3. The van der Waals surface area contributed by atoms with Gasteiger partial charge in [-0.15, -0.1) is 0 Å². The summed E-state index contributed by atoms with van der Waals surface area (Å²) in [6.45, 7) is 11.9. The molecule has 2 nitrogen and oxygen atoms in total. The highest BCUT2D eigenvalue weighted by molar-refractivity contribution is 5.12. The van der Waals surface area contributed by atoms with Crippen molar-refractivity contribution in [3.8, 4) is 0 Å². The Morgan fingerprint density at radius 2 is 1.90 bits per heavy atom. The Morgan fingerprint density at radius 1 is 1.15 bits per heavy atom. The third kappa shape index (κ3) is 2.06. The molecular formula is C18H33NO. The Hall–Kier alpha value is -0.0800. The second kappa shape index (κ2) is 4.98. The van der Waals surface area contributed by atoms with Crippen LogP contribution in [0, 0.1) is 16.7 Å². The lowest BCUT2D eigenvalue weighted by atomic mass is 9.69. The summed E-state index contributed by atoms with van der Waals surface area (Å²) in [4.78, 5) is 0. The van der Waals surface area contributed by atoms with Gasteiger partial charge in [-0.3, -0.25) is 0 Å². The summed E-state index contributed by atoms with van der Waals surface area (Å²) in [5, 5.41) is 3.48. The van der Waals surface area contributed by atoms with E-state index in [1.165, 1.54) is 44.9 Å². The molecule has 3 rings (SSSR count). The molecule has 3 saturated carbocycles. The zero-order valence-corrected chi connectivity index (χ0v) is 13.9. The molecule has 0 radical (unpaired) electrons. The van der Waals surface area contributed by atoms with Crippen LogP contribution in [-0.2, 0) is 4.74 Å². The van der Waals surface area contributed by atoms with E-state index in [1.54, 1.807) is 0 Å². The monoisotopic (exact) mass is 279 g/mol. The van der Waals surface area contributed by atoms with Crippen LogP contribution in [0.15, 0.2) is 0 Å². The summed E-state index contributed by atoms with van der Waals surface area (Å²) < 4.78 is 6.81. The molecule has 116 valence electrons. The molecule has 0 aromatic rings. The van der Waals surface area contributed by atoms with Crippen LogP contribution < -0.4 is 5.32 Å². The molecule has 0 aromatic carbocycles. The molecular weight excluding hydrogens is 246 g/mol. The first kappa shape index (κ1) is 14.8. The van der Waals surface area contributed by atoms with Gasteiger partial charge in [0.1, 0.15) is 0 Å². The van der Waals surface area contributed by atoms with Crippen LogP contribution in [0.4, 0.5) is 0 Å². The normalized spacial score (nSPS) is 40.8. The topological polar surface area (TPSA) is 21.3 Å². The SMILES string of the molecule is CCNCCC1(OC2CC3CCC2(C)C3(C)C)CCC1. The van der Waals surface area contributed by atoms with Crippen molar-refractivity contribution in [3.63, 3.8) is 0 Å². The van der Waals surface area contributed by atoms with Crippen molar-refractivity contribution in [1.29, 1.82) is 0 Å². The number of fused-ring (bicyclic) bond motifs is 2. The van der Waals surface area contributed by atoms with Crippen LogP contribution in [0.2, 0.25) is 0 Å². The summed E-state index contributed by atoms with van der Waals surface area (Å²) in [7, 11) is 0. The summed E-state index contributed by atoms with van der Waals surface area (Å²) in [6.07, 6.45) is 9.77. The molecule has 0 aliphatic heterocycles. The smallest absolute Gasteiger partial charge is 0.0698 e. The van der Waals surface area contributed by atoms with Crippen LogP contribution in [0.3, 0.4) is 0 Å². The first-order valence-corrected chi connectivity index (χ1v) is 8.82. The third-order valence-electron chi connectivity index (χ3n) is 7.38. The predicted octanol–water partition coefficient (Wildman–Crippen LogP) is 4.14. The second-order valence-corrected chi connectivity index (χ2v) is 8.36. The Morgan fingerprint density at radius 3 is 2.35 bits per heavy atom. The largest absolute Gasteiger partial charge is 0.371 e. The van der Waals surface area contributed by atoms with Crippen LogP contribution in [0.5, 0.6) is 0 Å². The van der Waals surface area contributed by atoms with Gasteiger partial charge in [-0.25, -0.2) is 0 Å². The molecule has 3 aliphatic rings. The van der Waals surface area contributed by atoms with Crippen LogP contribution in [0.25, 0.3) is 0 Å². The zero-order chi connectivity index (χ0) is 14.4. The Bertz CT molecular complexity index is 360. The van der Waals surface area contributed by atoms with Crippen molar-refractivity contribution in [3.05, 3.63) is 0 Å². The highest BCUT2D eigenvalue weighted by Gasteiger charge is 2.63. The van der Waals surface area contributed by atoms with E-state index in [0.717, 1.165) is 19.0 Å². The molecule has 1 N–H and O–H groups in total. The Balaban J connectivity index is 1.66.